The van der Waals surface area contributed by atoms with Crippen LogP contribution in [0.2, 0.25) is 0 Å². The number of methoxy groups -OCH3 is 1. The number of rotatable bonds is 7. The van der Waals surface area contributed by atoms with Crippen LogP contribution in [0, 0.1) is 22.0 Å². The molecule has 1 aliphatic rings. The maximum Gasteiger partial charge on any atom is 0.308 e. The minimum Gasteiger partial charge on any atom is -0.495 e. The van der Waals surface area contributed by atoms with Gasteiger partial charge in [-0.3, -0.25) is 19.7 Å². The van der Waals surface area contributed by atoms with Gasteiger partial charge in [0.1, 0.15) is 5.75 Å². The van der Waals surface area contributed by atoms with Gasteiger partial charge in [0.2, 0.25) is 5.91 Å². The van der Waals surface area contributed by atoms with Crippen molar-refractivity contribution in [2.24, 2.45) is 11.8 Å². The van der Waals surface area contributed by atoms with E-state index < -0.39 is 40.5 Å². The summed E-state index contributed by atoms with van der Waals surface area (Å²) in [6, 6.07) is 22.3. The van der Waals surface area contributed by atoms with Gasteiger partial charge in [0.15, 0.2) is 0 Å². The van der Waals surface area contributed by atoms with E-state index in [1.165, 1.54) is 25.3 Å². The molecule has 0 saturated carbocycles. The van der Waals surface area contributed by atoms with Gasteiger partial charge in [0.25, 0.3) is 5.69 Å². The molecule has 4 rings (SSSR count). The predicted octanol–water partition coefficient (Wildman–Crippen LogP) is 5.00. The summed E-state index contributed by atoms with van der Waals surface area (Å²) >= 11 is 0. The number of nitro groups is 1. The molecule has 0 bridgehead atoms. The highest BCUT2D eigenvalue weighted by molar-refractivity contribution is 5.98. The first-order valence-corrected chi connectivity index (χ1v) is 11.0. The van der Waals surface area contributed by atoms with Crippen molar-refractivity contribution in [2.75, 3.05) is 12.4 Å². The number of ether oxygens (including phenoxy) is 1. The predicted molar refractivity (Wildman–Crippen MR) is 130 cm³/mol. The van der Waals surface area contributed by atoms with Crippen LogP contribution >= 0.6 is 0 Å². The molecule has 3 aromatic rings. The van der Waals surface area contributed by atoms with Gasteiger partial charge < -0.3 is 15.2 Å². The van der Waals surface area contributed by atoms with E-state index in [4.69, 9.17) is 4.74 Å². The number of nitrogens with one attached hydrogen (secondary N) is 1. The van der Waals surface area contributed by atoms with Crippen molar-refractivity contribution < 1.29 is 24.4 Å². The number of aliphatic carboxylic acids is 1. The summed E-state index contributed by atoms with van der Waals surface area (Å²) in [4.78, 5) is 37.1. The molecule has 1 aliphatic carbocycles. The number of nitrogens with zero attached hydrogens (tertiary/aromatic N) is 1. The molecule has 0 heterocycles. The lowest BCUT2D eigenvalue weighted by Crippen LogP contribution is -2.42. The second kappa shape index (κ2) is 10.2. The molecule has 0 saturated heterocycles. The van der Waals surface area contributed by atoms with Gasteiger partial charge in [-0.25, -0.2) is 0 Å². The molecule has 35 heavy (non-hydrogen) atoms. The minimum atomic E-state index is -1.10. The monoisotopic (exact) mass is 472 g/mol. The number of benzene rings is 3. The first-order chi connectivity index (χ1) is 16.9. The maximum absolute atomic E-state index is 13.8. The molecule has 8 heteroatoms. The van der Waals surface area contributed by atoms with Crippen molar-refractivity contribution in [3.63, 3.8) is 0 Å². The Morgan fingerprint density at radius 2 is 1.43 bits per heavy atom. The van der Waals surface area contributed by atoms with E-state index in [0.29, 0.717) is 0 Å². The molecule has 4 atom stereocenters. The normalized spacial score (nSPS) is 21.2. The summed E-state index contributed by atoms with van der Waals surface area (Å²) < 4.78 is 5.28. The lowest BCUT2D eigenvalue weighted by atomic mass is 9.66. The van der Waals surface area contributed by atoms with Gasteiger partial charge in [-0.1, -0.05) is 72.8 Å². The van der Waals surface area contributed by atoms with E-state index in [1.807, 2.05) is 72.8 Å². The molecule has 4 unspecified atom stereocenters. The number of carbonyl (C=O) groups excluding carboxylic acids is 1. The summed E-state index contributed by atoms with van der Waals surface area (Å²) in [5.74, 6) is -4.53. The van der Waals surface area contributed by atoms with E-state index in [9.17, 15) is 24.8 Å². The zero-order valence-electron chi connectivity index (χ0n) is 18.9. The Morgan fingerprint density at radius 3 is 1.91 bits per heavy atom. The molecule has 0 spiro atoms. The number of carboxylic acid groups (broad SMARTS) is 1. The van der Waals surface area contributed by atoms with Gasteiger partial charge in [-0.15, -0.1) is 0 Å². The number of nitro benzene ring substituents is 1. The van der Waals surface area contributed by atoms with Crippen molar-refractivity contribution in [1.82, 2.24) is 0 Å². The average molecular weight is 472 g/mol. The van der Waals surface area contributed by atoms with E-state index in [-0.39, 0.29) is 17.1 Å². The van der Waals surface area contributed by atoms with Crippen molar-refractivity contribution in [3.05, 3.63) is 112 Å². The molecule has 8 nitrogen and oxygen atoms in total. The lowest BCUT2D eigenvalue weighted by molar-refractivity contribution is -0.384. The number of carbonyl (C=O) groups is 2. The van der Waals surface area contributed by atoms with Crippen molar-refractivity contribution in [2.45, 2.75) is 11.8 Å². The molecule has 178 valence electrons. The Balaban J connectivity index is 1.79. The standard InChI is InChI=1S/C27H24N2O6/c1-35-23-15-12-19(29(33)34)16-22(23)28-26(30)24-20(17-8-4-2-5-9-17)13-14-21(25(24)27(31)32)18-10-6-3-7-11-18/h2-16,20-21,24-25H,1H3,(H,28,30)(H,31,32). The van der Waals surface area contributed by atoms with Crippen LogP contribution in [0.25, 0.3) is 0 Å². The fourth-order valence-electron chi connectivity index (χ4n) is 4.67. The van der Waals surface area contributed by atoms with Crippen LogP contribution in [-0.2, 0) is 9.59 Å². The number of allylic oxidation sites excluding steroid dienone is 2. The highest BCUT2D eigenvalue weighted by atomic mass is 16.6. The summed E-state index contributed by atoms with van der Waals surface area (Å²) in [5, 5.41) is 24.3. The second-order valence-electron chi connectivity index (χ2n) is 8.28. The Kier molecular flexibility index (Phi) is 6.91. The molecule has 2 N–H and O–H groups in total. The SMILES string of the molecule is COc1ccc([N+](=O)[O-])cc1NC(=O)C1C(c2ccccc2)C=CC(c2ccccc2)C1C(=O)O. The van der Waals surface area contributed by atoms with Gasteiger partial charge in [0.05, 0.1) is 29.6 Å². The molecule has 0 aromatic heterocycles. The van der Waals surface area contributed by atoms with Crippen LogP contribution in [0.5, 0.6) is 5.75 Å². The smallest absolute Gasteiger partial charge is 0.308 e. The van der Waals surface area contributed by atoms with Gasteiger partial charge in [0, 0.05) is 24.0 Å². The quantitative estimate of drug-likeness (QED) is 0.284. The number of hydrogen-bond acceptors (Lipinski definition) is 5. The van der Waals surface area contributed by atoms with Crippen molar-refractivity contribution in [1.29, 1.82) is 0 Å². The third-order valence-electron chi connectivity index (χ3n) is 6.30. The topological polar surface area (TPSA) is 119 Å². The first kappa shape index (κ1) is 23.7. The zero-order chi connectivity index (χ0) is 24.9. The fraction of sp³-hybridized carbons (Fsp3) is 0.185. The number of hydrogen-bond donors (Lipinski definition) is 2. The third kappa shape index (κ3) is 4.91. The fourth-order valence-corrected chi connectivity index (χ4v) is 4.67. The van der Waals surface area contributed by atoms with E-state index >= 15 is 0 Å². The summed E-state index contributed by atoms with van der Waals surface area (Å²) in [5.41, 5.74) is 1.47. The van der Waals surface area contributed by atoms with Crippen LogP contribution in [0.3, 0.4) is 0 Å². The van der Waals surface area contributed by atoms with E-state index in [0.717, 1.165) is 11.1 Å². The molecular weight excluding hydrogens is 448 g/mol. The van der Waals surface area contributed by atoms with Crippen LogP contribution in [-0.4, -0.2) is 29.0 Å². The summed E-state index contributed by atoms with van der Waals surface area (Å²) in [6.45, 7) is 0. The number of carboxylic acids is 1. The van der Waals surface area contributed by atoms with Gasteiger partial charge >= 0.3 is 5.97 Å². The summed E-state index contributed by atoms with van der Waals surface area (Å²) in [7, 11) is 1.39. The Labute approximate surface area is 202 Å². The summed E-state index contributed by atoms with van der Waals surface area (Å²) in [6.07, 6.45) is 3.73. The molecular formula is C27H24N2O6. The Morgan fingerprint density at radius 1 is 0.886 bits per heavy atom. The van der Waals surface area contributed by atoms with Crippen molar-refractivity contribution >= 4 is 23.3 Å². The molecule has 0 radical (unpaired) electrons. The van der Waals surface area contributed by atoms with Crippen LogP contribution in [0.1, 0.15) is 23.0 Å². The Bertz CT molecular complexity index is 1260. The third-order valence-corrected chi connectivity index (χ3v) is 6.30. The van der Waals surface area contributed by atoms with Crippen LogP contribution in [0.15, 0.2) is 91.0 Å². The van der Waals surface area contributed by atoms with Gasteiger partial charge in [-0.2, -0.15) is 0 Å². The zero-order valence-corrected chi connectivity index (χ0v) is 18.9. The highest BCUT2D eigenvalue weighted by Crippen LogP contribution is 2.45. The van der Waals surface area contributed by atoms with E-state index in [1.54, 1.807) is 0 Å². The highest BCUT2D eigenvalue weighted by Gasteiger charge is 2.46. The molecule has 0 fully saturated rings. The van der Waals surface area contributed by atoms with Crippen LogP contribution < -0.4 is 10.1 Å². The van der Waals surface area contributed by atoms with Crippen LogP contribution in [0.4, 0.5) is 11.4 Å². The van der Waals surface area contributed by atoms with E-state index in [2.05, 4.69) is 5.32 Å². The number of anilines is 1. The Hall–Kier alpha value is -4.46. The molecule has 1 amide bonds. The second-order valence-corrected chi connectivity index (χ2v) is 8.28. The average Bonchev–Trinajstić information content (AvgIpc) is 2.88. The maximum atomic E-state index is 13.8. The lowest BCUT2D eigenvalue weighted by Gasteiger charge is -2.37. The largest absolute Gasteiger partial charge is 0.495 e. The molecule has 0 aliphatic heterocycles. The number of non-ortho nitro benzene ring substituents is 1. The first-order valence-electron chi connectivity index (χ1n) is 11.0. The van der Waals surface area contributed by atoms with Gasteiger partial charge in [-0.05, 0) is 17.2 Å². The minimum absolute atomic E-state index is 0.105. The number of amides is 1. The van der Waals surface area contributed by atoms with Crippen molar-refractivity contribution in [3.8, 4) is 5.75 Å². The molecule has 3 aromatic carbocycles.